The second-order valence-electron chi connectivity index (χ2n) is 5.19. The molecule has 12 heteroatoms. The van der Waals surface area contributed by atoms with Gasteiger partial charge in [0.15, 0.2) is 0 Å². The van der Waals surface area contributed by atoms with Gasteiger partial charge in [0.2, 0.25) is 0 Å². The van der Waals surface area contributed by atoms with Gasteiger partial charge in [0.05, 0.1) is 0 Å². The summed E-state index contributed by atoms with van der Waals surface area (Å²) in [4.78, 5) is 23.6. The maximum atomic E-state index is 11.9. The number of halogens is 2. The van der Waals surface area contributed by atoms with E-state index in [1.165, 1.54) is 0 Å². The molecule has 1 saturated heterocycles. The molecule has 2 amide bonds. The Morgan fingerprint density at radius 1 is 1.20 bits per heavy atom. The van der Waals surface area contributed by atoms with Crippen molar-refractivity contribution in [2.45, 2.75) is 37.1 Å². The molecule has 1 aliphatic rings. The second kappa shape index (κ2) is 8.46. The van der Waals surface area contributed by atoms with Crippen LogP contribution in [0.4, 0.5) is 0 Å². The van der Waals surface area contributed by atoms with Crippen LogP contribution in [0.2, 0.25) is 10.5 Å². The normalized spacial score (nSPS) is 23.9. The Bertz CT molecular complexity index is 422. The van der Waals surface area contributed by atoms with Crippen molar-refractivity contribution in [2.24, 2.45) is 0 Å². The summed E-state index contributed by atoms with van der Waals surface area (Å²) in [5.74, 6) is 0.204. The quantitative estimate of drug-likeness (QED) is 0.547. The van der Waals surface area contributed by atoms with Gasteiger partial charge in [0, 0.05) is 0 Å². The standard InChI is InChI=1S/2C3H7NO.2CH3.2ClH.6Ti/c2*1-2-3(4)5;;;;;;;;;;/h2*2H2,1H3,(H2,4,5);2*1H3;2*1H;;;;;;/q;;;;;;;;;;+1;+3/p-4. The van der Waals surface area contributed by atoms with E-state index in [9.17, 15) is 9.59 Å². The molecule has 20 heavy (non-hydrogen) atoms. The molecule has 0 aliphatic carbocycles. The van der Waals surface area contributed by atoms with Gasteiger partial charge in [-0.05, 0) is 0 Å². The van der Waals surface area contributed by atoms with E-state index in [1.54, 1.807) is 0 Å². The van der Waals surface area contributed by atoms with E-state index in [0.29, 0.717) is 12.8 Å². The number of hydrogen-bond donors (Lipinski definition) is 2. The molecule has 1 fully saturated rings. The van der Waals surface area contributed by atoms with Gasteiger partial charge in [-0.2, -0.15) is 0 Å². The van der Waals surface area contributed by atoms with E-state index in [-0.39, 0.29) is 37.3 Å². The summed E-state index contributed by atoms with van der Waals surface area (Å²) in [5, 5.41) is 4.89. The first-order valence-electron chi connectivity index (χ1n) is 6.41. The summed E-state index contributed by atoms with van der Waals surface area (Å²) in [6.07, 6.45) is 1.00. The molecule has 0 unspecified atom stereocenters. The fraction of sp³-hybridized carbons (Fsp3) is 0.750. The van der Waals surface area contributed by atoms with Gasteiger partial charge in [-0.3, -0.25) is 0 Å². The molecule has 0 spiro atoms. The molecular formula is C8H18Cl2N2O2Ti6. The van der Waals surface area contributed by atoms with Crippen molar-refractivity contribution < 1.29 is 76.7 Å². The Labute approximate surface area is 148 Å². The molecule has 110 valence electrons. The maximum absolute atomic E-state index is 11.9. The molecular weight excluding hydrogens is 514 g/mol. The van der Waals surface area contributed by atoms with Crippen molar-refractivity contribution >= 4 is 30.4 Å². The fourth-order valence-corrected chi connectivity index (χ4v) is 499. The summed E-state index contributed by atoms with van der Waals surface area (Å²) in [6, 6.07) is 0. The van der Waals surface area contributed by atoms with E-state index >= 15 is 0 Å². The van der Waals surface area contributed by atoms with Crippen LogP contribution in [0.5, 0.6) is 0 Å². The van der Waals surface area contributed by atoms with Crippen molar-refractivity contribution in [1.82, 2.24) is 7.60 Å². The molecule has 1 rings (SSSR count). The Kier molecular flexibility index (Phi) is 9.24. The van der Waals surface area contributed by atoms with Gasteiger partial charge in [0.25, 0.3) is 0 Å². The Balaban J connectivity index is 2.95. The van der Waals surface area contributed by atoms with Gasteiger partial charge in [-0.15, -0.1) is 0 Å². The summed E-state index contributed by atoms with van der Waals surface area (Å²) < 4.78 is 6.48. The van der Waals surface area contributed by atoms with Crippen molar-refractivity contribution in [1.29, 1.82) is 0 Å². The minimum atomic E-state index is -3.67. The fourth-order valence-electron chi connectivity index (χ4n) is 1.86. The van der Waals surface area contributed by atoms with Crippen molar-refractivity contribution in [3.8, 4) is 0 Å². The van der Waals surface area contributed by atoms with Gasteiger partial charge in [-0.25, -0.2) is 0 Å². The SMILES string of the molecule is CCC(=O)[NH][Ti]1[Ti][Ti]([CH3])([CH3])[Ti][Ti]([Cl])([Cl])([NH]C(=O)CC)[Ti]1. The van der Waals surface area contributed by atoms with Crippen LogP contribution in [0.3, 0.4) is 0 Å². The van der Waals surface area contributed by atoms with E-state index in [1.807, 2.05) is 13.8 Å². The zero-order chi connectivity index (χ0) is 15.6. The third kappa shape index (κ3) is 7.36. The van der Waals surface area contributed by atoms with Crippen molar-refractivity contribution in [3.05, 3.63) is 0 Å². The molecule has 1 heterocycles. The number of hydrogen-bond acceptors (Lipinski definition) is 2. The van der Waals surface area contributed by atoms with Crippen LogP contribution < -0.4 is 7.60 Å². The van der Waals surface area contributed by atoms with E-state index < -0.39 is 41.7 Å². The first kappa shape index (κ1) is 21.8. The van der Waals surface area contributed by atoms with Gasteiger partial charge in [-0.1, -0.05) is 0 Å². The number of rotatable bonds is 4. The first-order valence-corrected chi connectivity index (χ1v) is 39.4. The van der Waals surface area contributed by atoms with Crippen LogP contribution in [0.15, 0.2) is 0 Å². The van der Waals surface area contributed by atoms with Crippen molar-refractivity contribution in [3.63, 3.8) is 0 Å². The molecule has 0 bridgehead atoms. The monoisotopic (exact) mass is 532 g/mol. The number of nitrogens with one attached hydrogen (secondary N) is 2. The van der Waals surface area contributed by atoms with Crippen LogP contribution in [0.1, 0.15) is 26.7 Å². The van der Waals surface area contributed by atoms with Crippen LogP contribution in [0, 0.1) is 0 Å². The van der Waals surface area contributed by atoms with E-state index in [0.717, 1.165) is 0 Å². The third-order valence-corrected chi connectivity index (χ3v) is 208. The molecule has 1 aliphatic heterocycles. The zero-order valence-electron chi connectivity index (χ0n) is 12.0. The first-order chi connectivity index (χ1) is 8.98. The number of amides is 2. The zero-order valence-corrected chi connectivity index (χ0v) is 22.9. The van der Waals surface area contributed by atoms with E-state index in [2.05, 4.69) is 18.1 Å². The topological polar surface area (TPSA) is 58.2 Å². The van der Waals surface area contributed by atoms with Gasteiger partial charge >= 0.3 is 152 Å². The van der Waals surface area contributed by atoms with Gasteiger partial charge in [0.1, 0.15) is 0 Å². The molecule has 2 N–H and O–H groups in total. The van der Waals surface area contributed by atoms with Crippen LogP contribution in [-0.4, -0.2) is 11.8 Å². The summed E-state index contributed by atoms with van der Waals surface area (Å²) >= 11 is -2.31. The molecule has 0 aromatic carbocycles. The summed E-state index contributed by atoms with van der Waals surface area (Å²) in [7, 11) is 8.52. The summed E-state index contributed by atoms with van der Waals surface area (Å²) in [5.41, 5.74) is 0. The third-order valence-electron chi connectivity index (χ3n) is 2.58. The molecule has 0 radical (unpaired) electrons. The average Bonchev–Trinajstić information content (AvgIpc) is 2.23. The molecule has 0 atom stereocenters. The molecule has 0 saturated carbocycles. The Morgan fingerprint density at radius 3 is 2.25 bits per heavy atom. The van der Waals surface area contributed by atoms with E-state index in [4.69, 9.17) is 18.6 Å². The molecule has 4 nitrogen and oxygen atoms in total. The molecule has 0 aromatic heterocycles. The second-order valence-corrected chi connectivity index (χ2v) is 107. The number of carbonyl (C=O) groups excluding carboxylic acids is 2. The number of carbonyl (C=O) groups is 2. The predicted molar refractivity (Wildman–Crippen MR) is 60.3 cm³/mol. The summed E-state index contributed by atoms with van der Waals surface area (Å²) in [6.45, 7) is 3.74. The molecule has 0 aromatic rings. The van der Waals surface area contributed by atoms with Crippen LogP contribution in [-0.2, 0) is 76.7 Å². The Morgan fingerprint density at radius 2 is 1.75 bits per heavy atom. The minimum absolute atomic E-state index is 0.0268. The van der Waals surface area contributed by atoms with Gasteiger partial charge < -0.3 is 0 Å². The Hall–Kier alpha value is 3.81. The van der Waals surface area contributed by atoms with Crippen LogP contribution in [0.25, 0.3) is 0 Å². The predicted octanol–water partition coefficient (Wildman–Crippen LogP) is 2.49. The van der Waals surface area contributed by atoms with Crippen molar-refractivity contribution in [2.75, 3.05) is 0 Å². The van der Waals surface area contributed by atoms with Crippen LogP contribution >= 0.6 is 18.6 Å². The average molecular weight is 532 g/mol.